The van der Waals surface area contributed by atoms with Gasteiger partial charge in [0.1, 0.15) is 6.17 Å². The number of carbonyl (C=O) groups excluding carboxylic acids is 2. The lowest BCUT2D eigenvalue weighted by atomic mass is 9.81. The molecule has 4 heterocycles. The van der Waals surface area contributed by atoms with Crippen molar-refractivity contribution in [2.24, 2.45) is 0 Å². The summed E-state index contributed by atoms with van der Waals surface area (Å²) < 4.78 is 21.2. The Hall–Kier alpha value is -3.45. The van der Waals surface area contributed by atoms with Crippen LogP contribution in [0.5, 0.6) is 0 Å². The van der Waals surface area contributed by atoms with E-state index < -0.39 is 6.17 Å². The molecule has 3 aliphatic heterocycles. The second-order valence-corrected chi connectivity index (χ2v) is 12.6. The minimum atomic E-state index is -0.718. The number of fused-ring (bicyclic) bond motifs is 5. The number of methoxy groups -OCH3 is 1. The molecule has 6 nitrogen and oxygen atoms in total. The van der Waals surface area contributed by atoms with E-state index in [1.54, 1.807) is 0 Å². The van der Waals surface area contributed by atoms with Crippen LogP contribution in [0, 0.1) is 0 Å². The van der Waals surface area contributed by atoms with Crippen LogP contribution < -0.4 is 0 Å². The molecule has 7 heteroatoms. The first-order chi connectivity index (χ1) is 21.5. The Labute approximate surface area is 260 Å². The minimum Gasteiger partial charge on any atom is -0.465 e. The van der Waals surface area contributed by atoms with Gasteiger partial charge in [0.2, 0.25) is 0 Å². The fourth-order valence-electron chi connectivity index (χ4n) is 7.96. The third-order valence-electron chi connectivity index (χ3n) is 10.1. The number of piperidine rings is 1. The number of benzene rings is 2. The van der Waals surface area contributed by atoms with Crippen LogP contribution in [0.25, 0.3) is 28.2 Å². The maximum atomic E-state index is 14.2. The summed E-state index contributed by atoms with van der Waals surface area (Å²) in [7, 11) is 1.41. The molecule has 0 spiro atoms. The molecule has 234 valence electrons. The van der Waals surface area contributed by atoms with Gasteiger partial charge in [-0.1, -0.05) is 63.4 Å². The monoisotopic (exact) mass is 599 g/mol. The standard InChI is InChI=1S/C35H40FN3O3.C2H6/c1-42-35(41)25-11-12-30-31(20-25)39-21-26(34(40)37-17-14-28(15-18-37)38-16-13-27(36)22-38)19-24-9-5-6-10-29(24)33(39)32(30)23-7-3-2-4-8-23;1-2/h5-6,9-12,19-20,23,27-28H,2-4,7-8,13-18,21-22H2,1H3;1-2H3/t27-;/m1./s1. The molecular weight excluding hydrogens is 553 g/mol. The van der Waals surface area contributed by atoms with Gasteiger partial charge in [0.05, 0.1) is 24.9 Å². The Morgan fingerprint density at radius 3 is 2.36 bits per heavy atom. The molecule has 0 bridgehead atoms. The Morgan fingerprint density at radius 1 is 0.909 bits per heavy atom. The Kier molecular flexibility index (Phi) is 9.22. The van der Waals surface area contributed by atoms with E-state index in [2.05, 4.69) is 39.8 Å². The predicted octanol–water partition coefficient (Wildman–Crippen LogP) is 7.60. The summed E-state index contributed by atoms with van der Waals surface area (Å²) in [6.07, 6.45) is 9.79. The third-order valence-corrected chi connectivity index (χ3v) is 10.1. The molecule has 1 atom stereocenters. The van der Waals surface area contributed by atoms with Gasteiger partial charge in [-0.05, 0) is 67.4 Å². The van der Waals surface area contributed by atoms with Crippen LogP contribution in [0.15, 0.2) is 48.0 Å². The third kappa shape index (κ3) is 5.71. The van der Waals surface area contributed by atoms with Gasteiger partial charge in [-0.3, -0.25) is 9.69 Å². The van der Waals surface area contributed by atoms with Crippen LogP contribution >= 0.6 is 0 Å². The minimum absolute atomic E-state index is 0.0751. The lowest BCUT2D eigenvalue weighted by Gasteiger charge is -2.37. The first-order valence-corrected chi connectivity index (χ1v) is 16.7. The molecule has 4 aliphatic rings. The maximum Gasteiger partial charge on any atom is 0.337 e. The van der Waals surface area contributed by atoms with Crippen LogP contribution in [0.4, 0.5) is 4.39 Å². The SMILES string of the molecule is CC.COC(=O)c1ccc2c(C3CCCCC3)c3n(c2c1)CC(C(=O)N1CCC(N2CC[C@@H](F)C2)CC1)=Cc1ccccc1-3. The number of alkyl halides is 1. The molecule has 0 radical (unpaired) electrons. The van der Waals surface area contributed by atoms with Gasteiger partial charge in [-0.15, -0.1) is 0 Å². The van der Waals surface area contributed by atoms with Gasteiger partial charge < -0.3 is 14.2 Å². The highest BCUT2D eigenvalue weighted by molar-refractivity contribution is 6.03. The average Bonchev–Trinajstić information content (AvgIpc) is 3.60. The zero-order valence-corrected chi connectivity index (χ0v) is 26.5. The van der Waals surface area contributed by atoms with Crippen molar-refractivity contribution in [2.45, 2.75) is 89.9 Å². The normalized spacial score (nSPS) is 21.1. The molecule has 3 aromatic rings. The number of aromatic nitrogens is 1. The largest absolute Gasteiger partial charge is 0.465 e. The molecule has 1 amide bonds. The predicted molar refractivity (Wildman–Crippen MR) is 175 cm³/mol. The lowest BCUT2D eigenvalue weighted by Crippen LogP contribution is -2.46. The van der Waals surface area contributed by atoms with Crippen molar-refractivity contribution >= 4 is 28.9 Å². The zero-order valence-electron chi connectivity index (χ0n) is 26.5. The van der Waals surface area contributed by atoms with Crippen molar-refractivity contribution in [1.82, 2.24) is 14.4 Å². The number of halogens is 1. The Balaban J connectivity index is 0.00000168. The number of rotatable bonds is 4. The van der Waals surface area contributed by atoms with Crippen LogP contribution in [-0.2, 0) is 16.1 Å². The molecule has 7 rings (SSSR count). The average molecular weight is 600 g/mol. The summed E-state index contributed by atoms with van der Waals surface area (Å²) in [5, 5.41) is 1.17. The van der Waals surface area contributed by atoms with Crippen LogP contribution in [-0.4, -0.2) is 71.7 Å². The van der Waals surface area contributed by atoms with Crippen molar-refractivity contribution in [3.8, 4) is 11.3 Å². The van der Waals surface area contributed by atoms with Crippen molar-refractivity contribution < 1.29 is 18.7 Å². The highest BCUT2D eigenvalue weighted by Crippen LogP contribution is 2.46. The van der Waals surface area contributed by atoms with E-state index >= 15 is 0 Å². The van der Waals surface area contributed by atoms with E-state index in [9.17, 15) is 14.0 Å². The van der Waals surface area contributed by atoms with Gasteiger partial charge in [-0.2, -0.15) is 0 Å². The Bertz CT molecular complexity index is 1540. The molecule has 3 fully saturated rings. The molecule has 2 saturated heterocycles. The van der Waals surface area contributed by atoms with E-state index in [4.69, 9.17) is 4.74 Å². The summed E-state index contributed by atoms with van der Waals surface area (Å²) in [5.41, 5.74) is 7.01. The molecule has 44 heavy (non-hydrogen) atoms. The van der Waals surface area contributed by atoms with Gasteiger partial charge in [0.15, 0.2) is 0 Å². The number of nitrogens with zero attached hydrogens (tertiary/aromatic N) is 3. The number of hydrogen-bond donors (Lipinski definition) is 0. The number of likely N-dealkylation sites (tertiary alicyclic amines) is 2. The van der Waals surface area contributed by atoms with Crippen molar-refractivity contribution in [3.05, 3.63) is 64.7 Å². The number of ether oxygens (including phenoxy) is 1. The number of amides is 1. The van der Waals surface area contributed by atoms with Crippen molar-refractivity contribution in [2.75, 3.05) is 33.3 Å². The van der Waals surface area contributed by atoms with E-state index in [1.165, 1.54) is 43.0 Å². The quantitative estimate of drug-likeness (QED) is 0.290. The van der Waals surface area contributed by atoms with Crippen LogP contribution in [0.1, 0.15) is 92.6 Å². The molecule has 1 aromatic heterocycles. The van der Waals surface area contributed by atoms with Gasteiger partial charge >= 0.3 is 5.97 Å². The molecule has 0 unspecified atom stereocenters. The number of hydrogen-bond acceptors (Lipinski definition) is 4. The van der Waals surface area contributed by atoms with Crippen molar-refractivity contribution in [3.63, 3.8) is 0 Å². The second-order valence-electron chi connectivity index (χ2n) is 12.6. The topological polar surface area (TPSA) is 54.8 Å². The lowest BCUT2D eigenvalue weighted by molar-refractivity contribution is -0.128. The van der Waals surface area contributed by atoms with Crippen molar-refractivity contribution in [1.29, 1.82) is 0 Å². The summed E-state index contributed by atoms with van der Waals surface area (Å²) in [5.74, 6) is 0.166. The fraction of sp³-hybridized carbons (Fsp3) is 0.514. The van der Waals surface area contributed by atoms with Gasteiger partial charge in [0, 0.05) is 54.3 Å². The van der Waals surface area contributed by atoms with E-state index in [0.717, 1.165) is 54.4 Å². The smallest absolute Gasteiger partial charge is 0.337 e. The highest BCUT2D eigenvalue weighted by Gasteiger charge is 2.34. The highest BCUT2D eigenvalue weighted by atomic mass is 19.1. The summed E-state index contributed by atoms with van der Waals surface area (Å²) in [6, 6.07) is 14.7. The van der Waals surface area contributed by atoms with E-state index in [0.29, 0.717) is 50.1 Å². The van der Waals surface area contributed by atoms with E-state index in [1.807, 2.05) is 36.9 Å². The maximum absolute atomic E-state index is 14.2. The van der Waals surface area contributed by atoms with Crippen LogP contribution in [0.3, 0.4) is 0 Å². The van der Waals surface area contributed by atoms with E-state index in [-0.39, 0.29) is 11.9 Å². The second kappa shape index (κ2) is 13.3. The molecule has 0 N–H and O–H groups in total. The zero-order chi connectivity index (χ0) is 30.8. The van der Waals surface area contributed by atoms with Crippen LogP contribution in [0.2, 0.25) is 0 Å². The first kappa shape index (κ1) is 30.6. The number of carbonyl (C=O) groups is 2. The molecule has 1 aliphatic carbocycles. The van der Waals surface area contributed by atoms with Gasteiger partial charge in [0.25, 0.3) is 5.91 Å². The summed E-state index contributed by atoms with van der Waals surface area (Å²) in [6.45, 7) is 7.18. The number of esters is 1. The van der Waals surface area contributed by atoms with Gasteiger partial charge in [-0.25, -0.2) is 9.18 Å². The molecule has 1 saturated carbocycles. The molecular formula is C37H46FN3O3. The Morgan fingerprint density at radius 2 is 1.66 bits per heavy atom. The summed E-state index contributed by atoms with van der Waals surface area (Å²) in [4.78, 5) is 31.0. The summed E-state index contributed by atoms with van der Waals surface area (Å²) >= 11 is 0. The fourth-order valence-corrected chi connectivity index (χ4v) is 7.96. The first-order valence-electron chi connectivity index (χ1n) is 16.7. The molecule has 2 aromatic carbocycles.